The van der Waals surface area contributed by atoms with E-state index < -0.39 is 17.2 Å². The van der Waals surface area contributed by atoms with Crippen molar-refractivity contribution in [1.82, 2.24) is 4.98 Å². The third-order valence-corrected chi connectivity index (χ3v) is 2.71. The Bertz CT molecular complexity index is 719. The fraction of sp³-hybridized carbons (Fsp3) is 0.0769. The molecule has 5 nitrogen and oxygen atoms in total. The first-order valence-electron chi connectivity index (χ1n) is 5.79. The van der Waals surface area contributed by atoms with Gasteiger partial charge < -0.3 is 16.0 Å². The summed E-state index contributed by atoms with van der Waals surface area (Å²) in [6, 6.07) is 5.40. The SMILES string of the molecule is N=C(N)c1[nH]ccc(=O)c1Nc1ccc(C(F)(F)F)cc1. The molecule has 8 heteroatoms. The monoisotopic (exact) mass is 296 g/mol. The van der Waals surface area contributed by atoms with Gasteiger partial charge in [0.2, 0.25) is 5.43 Å². The van der Waals surface area contributed by atoms with Crippen molar-refractivity contribution in [3.8, 4) is 0 Å². The molecule has 0 aliphatic rings. The number of rotatable bonds is 3. The smallest absolute Gasteiger partial charge is 0.382 e. The number of aromatic nitrogens is 1. The maximum atomic E-state index is 12.5. The van der Waals surface area contributed by atoms with Gasteiger partial charge in [0.25, 0.3) is 0 Å². The summed E-state index contributed by atoms with van der Waals surface area (Å²) < 4.78 is 37.4. The minimum absolute atomic E-state index is 0.00441. The van der Waals surface area contributed by atoms with E-state index in [-0.39, 0.29) is 22.9 Å². The molecule has 1 heterocycles. The van der Waals surface area contributed by atoms with Gasteiger partial charge in [0.15, 0.2) is 0 Å². The molecule has 0 bridgehead atoms. The molecule has 0 aliphatic heterocycles. The van der Waals surface area contributed by atoms with Crippen molar-refractivity contribution in [3.05, 3.63) is 58.0 Å². The highest BCUT2D eigenvalue weighted by atomic mass is 19.4. The molecule has 5 N–H and O–H groups in total. The molecule has 0 radical (unpaired) electrons. The summed E-state index contributed by atoms with van der Waals surface area (Å²) in [5, 5.41) is 10.0. The molecule has 21 heavy (non-hydrogen) atoms. The van der Waals surface area contributed by atoms with Gasteiger partial charge in [-0.3, -0.25) is 10.2 Å². The van der Waals surface area contributed by atoms with Crippen LogP contribution >= 0.6 is 0 Å². The van der Waals surface area contributed by atoms with Gasteiger partial charge in [0, 0.05) is 18.0 Å². The van der Waals surface area contributed by atoms with Gasteiger partial charge in [-0.2, -0.15) is 13.2 Å². The first-order chi connectivity index (χ1) is 9.79. The number of hydrogen-bond donors (Lipinski definition) is 4. The molecule has 0 aliphatic carbocycles. The average Bonchev–Trinajstić information content (AvgIpc) is 2.40. The lowest BCUT2D eigenvalue weighted by molar-refractivity contribution is -0.137. The number of pyridine rings is 1. The van der Waals surface area contributed by atoms with Gasteiger partial charge >= 0.3 is 6.18 Å². The van der Waals surface area contributed by atoms with Crippen molar-refractivity contribution >= 4 is 17.2 Å². The summed E-state index contributed by atoms with van der Waals surface area (Å²) in [4.78, 5) is 14.4. The van der Waals surface area contributed by atoms with Gasteiger partial charge in [-0.25, -0.2) is 0 Å². The lowest BCUT2D eigenvalue weighted by Crippen LogP contribution is -2.20. The van der Waals surface area contributed by atoms with E-state index in [4.69, 9.17) is 11.1 Å². The lowest BCUT2D eigenvalue weighted by Gasteiger charge is -2.11. The van der Waals surface area contributed by atoms with Crippen LogP contribution < -0.4 is 16.5 Å². The van der Waals surface area contributed by atoms with Crippen LogP contribution in [0.15, 0.2) is 41.3 Å². The highest BCUT2D eigenvalue weighted by Crippen LogP contribution is 2.30. The Morgan fingerprint density at radius 3 is 2.33 bits per heavy atom. The minimum atomic E-state index is -4.42. The Hall–Kier alpha value is -2.77. The zero-order valence-electron chi connectivity index (χ0n) is 10.6. The first kappa shape index (κ1) is 14.6. The van der Waals surface area contributed by atoms with Crippen molar-refractivity contribution in [2.45, 2.75) is 6.18 Å². The third-order valence-electron chi connectivity index (χ3n) is 2.71. The number of aromatic amines is 1. The molecule has 1 aromatic carbocycles. The zero-order chi connectivity index (χ0) is 15.6. The summed E-state index contributed by atoms with van der Waals surface area (Å²) >= 11 is 0. The second-order valence-electron chi connectivity index (χ2n) is 4.21. The standard InChI is InChI=1S/C13H11F3N4O/c14-13(15,16)7-1-3-8(4-2-7)20-10-9(21)5-6-19-11(10)12(17)18/h1-6,20H,(H3,17,18)(H,19,21). The predicted octanol–water partition coefficient (Wildman–Crippen LogP) is 2.42. The van der Waals surface area contributed by atoms with Crippen molar-refractivity contribution in [2.24, 2.45) is 5.73 Å². The second-order valence-corrected chi connectivity index (χ2v) is 4.21. The molecule has 110 valence electrons. The van der Waals surface area contributed by atoms with E-state index in [0.29, 0.717) is 0 Å². The molecule has 0 saturated carbocycles. The van der Waals surface area contributed by atoms with Crippen molar-refractivity contribution in [2.75, 3.05) is 5.32 Å². The first-order valence-corrected chi connectivity index (χ1v) is 5.79. The number of hydrogen-bond acceptors (Lipinski definition) is 3. The quantitative estimate of drug-likeness (QED) is 0.517. The van der Waals surface area contributed by atoms with Gasteiger partial charge in [-0.05, 0) is 24.3 Å². The van der Waals surface area contributed by atoms with Crippen LogP contribution in [0, 0.1) is 5.41 Å². The van der Waals surface area contributed by atoms with Crippen LogP contribution in [-0.2, 0) is 6.18 Å². The molecule has 1 aromatic heterocycles. The molecule has 0 spiro atoms. The second kappa shape index (κ2) is 5.31. The van der Waals surface area contributed by atoms with Gasteiger partial charge in [-0.15, -0.1) is 0 Å². The molecule has 0 unspecified atom stereocenters. The molecular formula is C13H11F3N4O. The number of nitrogens with one attached hydrogen (secondary N) is 3. The molecule has 2 rings (SSSR count). The molecule has 2 aromatic rings. The molecular weight excluding hydrogens is 285 g/mol. The zero-order valence-corrected chi connectivity index (χ0v) is 10.6. The normalized spacial score (nSPS) is 11.2. The fourth-order valence-corrected chi connectivity index (χ4v) is 1.70. The van der Waals surface area contributed by atoms with Crippen molar-refractivity contribution < 1.29 is 13.2 Å². The number of amidine groups is 1. The Balaban J connectivity index is 2.35. The van der Waals surface area contributed by atoms with Crippen LogP contribution in [0.1, 0.15) is 11.3 Å². The van der Waals surface area contributed by atoms with Crippen LogP contribution in [0.25, 0.3) is 0 Å². The number of benzene rings is 1. The number of anilines is 2. The van der Waals surface area contributed by atoms with E-state index in [9.17, 15) is 18.0 Å². The average molecular weight is 296 g/mol. The Morgan fingerprint density at radius 1 is 1.19 bits per heavy atom. The van der Waals surface area contributed by atoms with Gasteiger partial charge in [0.05, 0.1) is 5.56 Å². The molecule has 0 fully saturated rings. The Labute approximate surface area is 117 Å². The topological polar surface area (TPSA) is 94.8 Å². The predicted molar refractivity (Wildman–Crippen MR) is 72.8 cm³/mol. The van der Waals surface area contributed by atoms with Crippen LogP contribution in [0.2, 0.25) is 0 Å². The summed E-state index contributed by atoms with van der Waals surface area (Å²) in [5.74, 6) is -0.359. The van der Waals surface area contributed by atoms with E-state index in [0.717, 1.165) is 12.1 Å². The molecule has 0 saturated heterocycles. The molecule has 0 amide bonds. The number of nitrogen functional groups attached to an aromatic ring is 1. The van der Waals surface area contributed by atoms with Crippen molar-refractivity contribution in [1.29, 1.82) is 5.41 Å². The maximum absolute atomic E-state index is 12.5. The van der Waals surface area contributed by atoms with Gasteiger partial charge in [-0.1, -0.05) is 0 Å². The number of halogens is 3. The summed E-state index contributed by atoms with van der Waals surface area (Å²) in [6.07, 6.45) is -3.09. The van der Waals surface area contributed by atoms with Crippen LogP contribution in [0.3, 0.4) is 0 Å². The van der Waals surface area contributed by atoms with Crippen LogP contribution in [-0.4, -0.2) is 10.8 Å². The van der Waals surface area contributed by atoms with E-state index >= 15 is 0 Å². The lowest BCUT2D eigenvalue weighted by atomic mass is 10.2. The summed E-state index contributed by atoms with van der Waals surface area (Å²) in [7, 11) is 0. The van der Waals surface area contributed by atoms with E-state index in [2.05, 4.69) is 10.3 Å². The van der Waals surface area contributed by atoms with E-state index in [1.807, 2.05) is 0 Å². The van der Waals surface area contributed by atoms with Crippen LogP contribution in [0.5, 0.6) is 0 Å². The van der Waals surface area contributed by atoms with Crippen molar-refractivity contribution in [3.63, 3.8) is 0 Å². The third kappa shape index (κ3) is 3.22. The largest absolute Gasteiger partial charge is 0.416 e. The summed E-state index contributed by atoms with van der Waals surface area (Å²) in [6.45, 7) is 0. The van der Waals surface area contributed by atoms with E-state index in [1.165, 1.54) is 24.4 Å². The van der Waals surface area contributed by atoms with Gasteiger partial charge in [0.1, 0.15) is 17.2 Å². The summed E-state index contributed by atoms with van der Waals surface area (Å²) in [5.41, 5.74) is 4.48. The number of nitrogens with two attached hydrogens (primary N) is 1. The number of H-pyrrole nitrogens is 1. The van der Waals surface area contributed by atoms with E-state index in [1.54, 1.807) is 0 Å². The molecule has 0 atom stereocenters. The Kier molecular flexibility index (Phi) is 3.70. The number of alkyl halides is 3. The maximum Gasteiger partial charge on any atom is 0.416 e. The Morgan fingerprint density at radius 2 is 1.81 bits per heavy atom. The van der Waals surface area contributed by atoms with Crippen LogP contribution in [0.4, 0.5) is 24.5 Å². The highest BCUT2D eigenvalue weighted by molar-refractivity contribution is 5.98. The fourth-order valence-electron chi connectivity index (χ4n) is 1.70. The highest BCUT2D eigenvalue weighted by Gasteiger charge is 2.29. The minimum Gasteiger partial charge on any atom is -0.382 e.